The van der Waals surface area contributed by atoms with Gasteiger partial charge in [-0.2, -0.15) is 0 Å². The molecule has 2 nitrogen and oxygen atoms in total. The highest BCUT2D eigenvalue weighted by molar-refractivity contribution is 6.27. The molecule has 1 aliphatic rings. The van der Waals surface area contributed by atoms with Gasteiger partial charge in [0, 0.05) is 16.7 Å². The van der Waals surface area contributed by atoms with Gasteiger partial charge in [-0.1, -0.05) is 78.9 Å². The Bertz CT molecular complexity index is 835. The fourth-order valence-electron chi connectivity index (χ4n) is 3.26. The van der Waals surface area contributed by atoms with Gasteiger partial charge in [-0.15, -0.1) is 11.6 Å². The van der Waals surface area contributed by atoms with Crippen molar-refractivity contribution in [3.05, 3.63) is 102 Å². The van der Waals surface area contributed by atoms with Gasteiger partial charge < -0.3 is 4.74 Å². The zero-order chi connectivity index (χ0) is 16.4. The van der Waals surface area contributed by atoms with Crippen LogP contribution in [0.5, 0.6) is 0 Å². The summed E-state index contributed by atoms with van der Waals surface area (Å²) in [4.78, 5) is 4.57. The molecule has 1 aliphatic heterocycles. The van der Waals surface area contributed by atoms with Crippen molar-refractivity contribution in [3.8, 4) is 0 Å². The lowest BCUT2D eigenvalue weighted by Gasteiger charge is -2.39. The first-order valence-electron chi connectivity index (χ1n) is 7.87. The molecule has 0 aromatic heterocycles. The van der Waals surface area contributed by atoms with Crippen LogP contribution in [0.4, 0.5) is 5.69 Å². The molecule has 118 valence electrons. The third-order valence-corrected chi connectivity index (χ3v) is 4.50. The van der Waals surface area contributed by atoms with Crippen LogP contribution in [0.25, 0.3) is 0 Å². The Labute approximate surface area is 146 Å². The molecule has 3 aromatic carbocycles. The van der Waals surface area contributed by atoms with Crippen LogP contribution in [0.2, 0.25) is 0 Å². The molecule has 0 unspecified atom stereocenters. The first-order chi connectivity index (χ1) is 11.8. The molecule has 24 heavy (non-hydrogen) atoms. The molecule has 0 saturated carbocycles. The minimum absolute atomic E-state index is 0.232. The first-order valence-corrected chi connectivity index (χ1v) is 8.41. The lowest BCUT2D eigenvalue weighted by atomic mass is 9.79. The van der Waals surface area contributed by atoms with E-state index in [1.807, 2.05) is 54.6 Å². The molecule has 0 aliphatic carbocycles. The molecule has 0 spiro atoms. The largest absolute Gasteiger partial charge is 0.458 e. The lowest BCUT2D eigenvalue weighted by molar-refractivity contribution is 0.135. The summed E-state index contributed by atoms with van der Waals surface area (Å²) in [6.45, 7) is 0. The Morgan fingerprint density at radius 2 is 1.29 bits per heavy atom. The maximum atomic E-state index is 6.44. The van der Waals surface area contributed by atoms with Gasteiger partial charge in [0.15, 0.2) is 5.60 Å². The number of benzene rings is 3. The maximum absolute atomic E-state index is 6.44. The molecule has 0 radical (unpaired) electrons. The van der Waals surface area contributed by atoms with E-state index in [0.29, 0.717) is 5.90 Å². The van der Waals surface area contributed by atoms with Crippen molar-refractivity contribution >= 4 is 23.2 Å². The monoisotopic (exact) mass is 333 g/mol. The number of para-hydroxylation sites is 1. The smallest absolute Gasteiger partial charge is 0.205 e. The van der Waals surface area contributed by atoms with Crippen LogP contribution >= 0.6 is 11.6 Å². The van der Waals surface area contributed by atoms with Crippen LogP contribution in [0.1, 0.15) is 16.7 Å². The predicted octanol–water partition coefficient (Wildman–Crippen LogP) is 5.28. The highest BCUT2D eigenvalue weighted by Gasteiger charge is 2.43. The van der Waals surface area contributed by atoms with E-state index in [1.165, 1.54) is 0 Å². The second-order valence-corrected chi connectivity index (χ2v) is 5.94. The average Bonchev–Trinajstić information content (AvgIpc) is 2.68. The summed E-state index contributed by atoms with van der Waals surface area (Å²) in [7, 11) is 0. The zero-order valence-corrected chi connectivity index (χ0v) is 13.8. The van der Waals surface area contributed by atoms with Crippen molar-refractivity contribution in [2.24, 2.45) is 4.99 Å². The van der Waals surface area contributed by atoms with E-state index >= 15 is 0 Å². The summed E-state index contributed by atoms with van der Waals surface area (Å²) in [5, 5.41) is 0. The molecule has 3 heteroatoms. The number of hydrogen-bond donors (Lipinski definition) is 0. The second kappa shape index (κ2) is 6.14. The van der Waals surface area contributed by atoms with Gasteiger partial charge in [-0.05, 0) is 6.07 Å². The molecular weight excluding hydrogens is 318 g/mol. The van der Waals surface area contributed by atoms with Gasteiger partial charge >= 0.3 is 0 Å². The number of hydrogen-bond acceptors (Lipinski definition) is 2. The van der Waals surface area contributed by atoms with Gasteiger partial charge in [-0.25, -0.2) is 4.99 Å². The SMILES string of the molecule is ClCC1=Nc2ccccc2C(c2ccccc2)(c2ccccc2)O1. The Balaban J connectivity index is 2.06. The van der Waals surface area contributed by atoms with E-state index < -0.39 is 5.60 Å². The minimum atomic E-state index is -0.745. The molecular formula is C21H16ClNO. The minimum Gasteiger partial charge on any atom is -0.458 e. The number of halogens is 1. The van der Waals surface area contributed by atoms with E-state index in [-0.39, 0.29) is 5.88 Å². The average molecular weight is 334 g/mol. The molecule has 4 rings (SSSR count). The molecule has 0 fully saturated rings. The Morgan fingerprint density at radius 3 is 1.88 bits per heavy atom. The number of fused-ring (bicyclic) bond motifs is 1. The van der Waals surface area contributed by atoms with E-state index in [4.69, 9.17) is 16.3 Å². The van der Waals surface area contributed by atoms with Gasteiger partial charge in [0.1, 0.15) is 0 Å². The van der Waals surface area contributed by atoms with Crippen molar-refractivity contribution in [2.75, 3.05) is 5.88 Å². The van der Waals surface area contributed by atoms with Gasteiger partial charge in [0.25, 0.3) is 0 Å². The standard InChI is InChI=1S/C21H16ClNO/c22-15-20-23-19-14-8-7-13-18(19)21(24-20,16-9-3-1-4-10-16)17-11-5-2-6-12-17/h1-14H,15H2. The highest BCUT2D eigenvalue weighted by Crippen LogP contribution is 2.46. The summed E-state index contributed by atoms with van der Waals surface area (Å²) in [6, 6.07) is 28.5. The van der Waals surface area contributed by atoms with Crippen LogP contribution < -0.4 is 0 Å². The highest BCUT2D eigenvalue weighted by atomic mass is 35.5. The van der Waals surface area contributed by atoms with Crippen molar-refractivity contribution in [2.45, 2.75) is 5.60 Å². The quantitative estimate of drug-likeness (QED) is 0.598. The topological polar surface area (TPSA) is 21.6 Å². The number of alkyl halides is 1. The van der Waals surface area contributed by atoms with Gasteiger partial charge in [-0.3, -0.25) is 0 Å². The van der Waals surface area contributed by atoms with E-state index in [9.17, 15) is 0 Å². The van der Waals surface area contributed by atoms with Crippen LogP contribution in [-0.4, -0.2) is 11.8 Å². The van der Waals surface area contributed by atoms with E-state index in [0.717, 1.165) is 22.4 Å². The van der Waals surface area contributed by atoms with E-state index in [1.54, 1.807) is 0 Å². The maximum Gasteiger partial charge on any atom is 0.205 e. The van der Waals surface area contributed by atoms with Crippen LogP contribution in [0, 0.1) is 0 Å². The lowest BCUT2D eigenvalue weighted by Crippen LogP contribution is -2.38. The normalized spacial score (nSPS) is 15.1. The number of aliphatic imine (C=N–C) groups is 1. The first kappa shape index (κ1) is 15.0. The van der Waals surface area contributed by atoms with Crippen LogP contribution in [0.15, 0.2) is 89.9 Å². The third-order valence-electron chi connectivity index (χ3n) is 4.27. The number of rotatable bonds is 3. The summed E-state index contributed by atoms with van der Waals surface area (Å²) in [5.41, 5.74) is 3.29. The fraction of sp³-hybridized carbons (Fsp3) is 0.0952. The van der Waals surface area contributed by atoms with Crippen molar-refractivity contribution in [1.82, 2.24) is 0 Å². The summed E-state index contributed by atoms with van der Waals surface area (Å²) < 4.78 is 6.44. The van der Waals surface area contributed by atoms with Crippen molar-refractivity contribution in [1.29, 1.82) is 0 Å². The summed E-state index contributed by atoms with van der Waals surface area (Å²) >= 11 is 6.09. The molecule has 0 atom stereocenters. The molecule has 0 amide bonds. The third kappa shape index (κ3) is 2.31. The molecule has 1 heterocycles. The van der Waals surface area contributed by atoms with Gasteiger partial charge in [0.2, 0.25) is 5.90 Å². The number of ether oxygens (including phenoxy) is 1. The van der Waals surface area contributed by atoms with Crippen LogP contribution in [0.3, 0.4) is 0 Å². The van der Waals surface area contributed by atoms with E-state index in [2.05, 4.69) is 35.3 Å². The Hall–Kier alpha value is -2.58. The molecule has 0 N–H and O–H groups in total. The number of nitrogens with zero attached hydrogens (tertiary/aromatic N) is 1. The summed E-state index contributed by atoms with van der Waals surface area (Å²) in [5.74, 6) is 0.763. The Kier molecular flexibility index (Phi) is 3.83. The van der Waals surface area contributed by atoms with Gasteiger partial charge in [0.05, 0.1) is 11.6 Å². The van der Waals surface area contributed by atoms with Crippen LogP contribution in [-0.2, 0) is 10.3 Å². The second-order valence-electron chi connectivity index (χ2n) is 5.67. The molecule has 0 bridgehead atoms. The van der Waals surface area contributed by atoms with Crippen molar-refractivity contribution < 1.29 is 4.74 Å². The fourth-order valence-corrected chi connectivity index (χ4v) is 3.37. The zero-order valence-electron chi connectivity index (χ0n) is 13.0. The van der Waals surface area contributed by atoms with Crippen molar-refractivity contribution in [3.63, 3.8) is 0 Å². The summed E-state index contributed by atoms with van der Waals surface area (Å²) in [6.07, 6.45) is 0. The predicted molar refractivity (Wildman–Crippen MR) is 98.1 cm³/mol. The molecule has 0 saturated heterocycles. The Morgan fingerprint density at radius 1 is 0.750 bits per heavy atom. The molecule has 3 aromatic rings.